The van der Waals surface area contributed by atoms with Crippen molar-refractivity contribution < 1.29 is 62.7 Å². The van der Waals surface area contributed by atoms with E-state index < -0.39 is 7.82 Å². The van der Waals surface area contributed by atoms with E-state index in [1.54, 1.807) is 0 Å². The van der Waals surface area contributed by atoms with Gasteiger partial charge in [-0.25, -0.2) is 4.57 Å². The summed E-state index contributed by atoms with van der Waals surface area (Å²) in [6, 6.07) is 0. The number of rotatable bonds is 0. The van der Waals surface area contributed by atoms with Crippen molar-refractivity contribution in [1.29, 1.82) is 0 Å². The molecule has 0 aromatic carbocycles. The van der Waals surface area contributed by atoms with Crippen LogP contribution in [0.15, 0.2) is 0 Å². The Balaban J connectivity index is -0.0000000133. The SMILES string of the molecule is O=P(O)(O)O.[AlH3].[LiH].[Ti].[Ti]. The van der Waals surface area contributed by atoms with Gasteiger partial charge < -0.3 is 14.7 Å². The van der Waals surface area contributed by atoms with Crippen LogP contribution < -0.4 is 0 Å². The molecule has 0 spiro atoms. The van der Waals surface area contributed by atoms with Gasteiger partial charge in [0.15, 0.2) is 17.4 Å². The van der Waals surface area contributed by atoms with Crippen LogP contribution in [0.25, 0.3) is 0 Å². The molecule has 4 nitrogen and oxygen atoms in total. The van der Waals surface area contributed by atoms with Gasteiger partial charge in [0, 0.05) is 43.4 Å². The predicted octanol–water partition coefficient (Wildman–Crippen LogP) is -2.77. The maximum Gasteiger partial charge on any atom is 0 e. The fourth-order valence-electron chi connectivity index (χ4n) is 0. The van der Waals surface area contributed by atoms with E-state index in [1.165, 1.54) is 0 Å². The summed E-state index contributed by atoms with van der Waals surface area (Å²) >= 11 is 0. The standard InChI is InChI=1S/Al.Li.H3O4P.2Ti.4H/c;;1-5(2,3)4;;;;;;/h;;(H3,1,2,3,4);;;;;;. The summed E-state index contributed by atoms with van der Waals surface area (Å²) < 4.78 is 8.88. The molecule has 0 rings (SSSR count). The molecule has 0 saturated carbocycles. The first-order valence-corrected chi connectivity index (χ1v) is 2.35. The Bertz CT molecular complexity index is 64.7. The molecule has 0 aromatic heterocycles. The van der Waals surface area contributed by atoms with Crippen LogP contribution in [0.1, 0.15) is 0 Å². The summed E-state index contributed by atoms with van der Waals surface area (Å²) in [5, 5.41) is 0. The van der Waals surface area contributed by atoms with E-state index in [0.29, 0.717) is 0 Å². The Morgan fingerprint density at radius 3 is 1.00 bits per heavy atom. The topological polar surface area (TPSA) is 77.8 Å². The number of hydrogen-bond acceptors (Lipinski definition) is 1. The summed E-state index contributed by atoms with van der Waals surface area (Å²) in [6.45, 7) is 0. The molecule has 0 fully saturated rings. The summed E-state index contributed by atoms with van der Waals surface area (Å²) in [7, 11) is -4.64. The van der Waals surface area contributed by atoms with E-state index in [4.69, 9.17) is 19.2 Å². The molecule has 0 atom stereocenters. The minimum absolute atomic E-state index is 0. The minimum atomic E-state index is -4.64. The van der Waals surface area contributed by atoms with Gasteiger partial charge in [0.05, 0.1) is 0 Å². The van der Waals surface area contributed by atoms with Crippen LogP contribution in [-0.2, 0) is 48.0 Å². The van der Waals surface area contributed by atoms with E-state index >= 15 is 0 Å². The molecule has 0 saturated heterocycles. The molecule has 0 unspecified atom stereocenters. The van der Waals surface area contributed by atoms with Gasteiger partial charge in [-0.2, -0.15) is 0 Å². The van der Waals surface area contributed by atoms with Gasteiger partial charge in [-0.3, -0.25) is 0 Å². The van der Waals surface area contributed by atoms with Gasteiger partial charge in [-0.05, 0) is 0 Å². The van der Waals surface area contributed by atoms with Crippen LogP contribution in [0.2, 0.25) is 0 Å². The van der Waals surface area contributed by atoms with Gasteiger partial charge in [0.2, 0.25) is 0 Å². The first-order chi connectivity index (χ1) is 2.00. The summed E-state index contributed by atoms with van der Waals surface area (Å²) in [5.41, 5.74) is 0. The summed E-state index contributed by atoms with van der Waals surface area (Å²) in [6.07, 6.45) is 0. The van der Waals surface area contributed by atoms with Gasteiger partial charge in [-0.1, -0.05) is 0 Å². The van der Waals surface area contributed by atoms with Crippen molar-refractivity contribution in [3.05, 3.63) is 0 Å². The quantitative estimate of drug-likeness (QED) is 0.312. The molecule has 0 aliphatic carbocycles. The molecular weight excluding hydrogens is 225 g/mol. The molecular formula is H7AlLiO4PTi2. The van der Waals surface area contributed by atoms with E-state index in [9.17, 15) is 0 Å². The smallest absolute Gasteiger partial charge is 0 e. The van der Waals surface area contributed by atoms with E-state index in [0.717, 1.165) is 0 Å². The van der Waals surface area contributed by atoms with Crippen LogP contribution in [0, 0.1) is 0 Å². The molecule has 9 heteroatoms. The fraction of sp³-hybridized carbons (Fsp3) is 0. The first-order valence-electron chi connectivity index (χ1n) is 0.783. The monoisotopic (exact) mass is 232 g/mol. The molecule has 9 heavy (non-hydrogen) atoms. The van der Waals surface area contributed by atoms with Gasteiger partial charge in [-0.15, -0.1) is 0 Å². The van der Waals surface area contributed by atoms with Crippen molar-refractivity contribution in [2.45, 2.75) is 0 Å². The maximum absolute atomic E-state index is 8.88. The minimum Gasteiger partial charge on any atom is 0 e. The average molecular weight is 232 g/mol. The van der Waals surface area contributed by atoms with Crippen LogP contribution in [0.4, 0.5) is 0 Å². The molecule has 48 valence electrons. The second-order valence-electron chi connectivity index (χ2n) is 0.513. The van der Waals surface area contributed by atoms with E-state index in [-0.39, 0.29) is 79.7 Å². The number of hydrogen-bond donors (Lipinski definition) is 3. The molecule has 0 aromatic rings. The third-order valence-electron chi connectivity index (χ3n) is 0. The first kappa shape index (κ1) is 29.9. The van der Waals surface area contributed by atoms with Gasteiger partial charge >= 0.3 is 26.7 Å². The Kier molecular flexibility index (Phi) is 44.0. The summed E-state index contributed by atoms with van der Waals surface area (Å²) in [4.78, 5) is 21.6. The summed E-state index contributed by atoms with van der Waals surface area (Å²) in [5.74, 6) is 0. The van der Waals surface area contributed by atoms with E-state index in [2.05, 4.69) is 0 Å². The van der Waals surface area contributed by atoms with Crippen molar-refractivity contribution in [3.8, 4) is 0 Å². The van der Waals surface area contributed by atoms with Crippen LogP contribution in [0.3, 0.4) is 0 Å². The average Bonchev–Trinajstić information content (AvgIpc) is 0.722. The van der Waals surface area contributed by atoms with Gasteiger partial charge in [0.25, 0.3) is 0 Å². The Morgan fingerprint density at radius 2 is 1.00 bits per heavy atom. The molecule has 3 N–H and O–H groups in total. The van der Waals surface area contributed by atoms with Crippen molar-refractivity contribution in [2.24, 2.45) is 0 Å². The molecule has 0 aliphatic rings. The molecule has 0 radical (unpaired) electrons. The Morgan fingerprint density at radius 1 is 1.00 bits per heavy atom. The van der Waals surface area contributed by atoms with Crippen LogP contribution in [0.5, 0.6) is 0 Å². The van der Waals surface area contributed by atoms with Crippen LogP contribution in [-0.4, -0.2) is 50.9 Å². The molecule has 0 bridgehead atoms. The third-order valence-corrected chi connectivity index (χ3v) is 0. The van der Waals surface area contributed by atoms with Crippen molar-refractivity contribution in [2.75, 3.05) is 0 Å². The maximum atomic E-state index is 8.88. The number of phosphoric acid groups is 1. The normalized spacial score (nSPS) is 6.56. The predicted molar refractivity (Wildman–Crippen MR) is 31.4 cm³/mol. The van der Waals surface area contributed by atoms with Gasteiger partial charge in [0.1, 0.15) is 0 Å². The zero-order valence-corrected chi connectivity index (χ0v) is 7.21. The van der Waals surface area contributed by atoms with Crippen LogP contribution >= 0.6 is 7.82 Å². The third kappa shape index (κ3) is 113. The molecule has 0 aliphatic heterocycles. The Labute approximate surface area is 105 Å². The second-order valence-corrected chi connectivity index (χ2v) is 1.54. The Hall–Kier alpha value is 2.67. The van der Waals surface area contributed by atoms with Crippen molar-refractivity contribution >= 4 is 44.0 Å². The largest absolute Gasteiger partial charge is 0 e. The zero-order valence-electron chi connectivity index (χ0n) is 3.20. The molecule has 0 heterocycles. The fourth-order valence-corrected chi connectivity index (χ4v) is 0. The van der Waals surface area contributed by atoms with Crippen molar-refractivity contribution in [3.63, 3.8) is 0 Å². The molecule has 0 amide bonds. The van der Waals surface area contributed by atoms with E-state index in [1.807, 2.05) is 0 Å². The second kappa shape index (κ2) is 13.3. The zero-order chi connectivity index (χ0) is 4.50. The van der Waals surface area contributed by atoms with Crippen molar-refractivity contribution in [1.82, 2.24) is 0 Å².